The molecule has 0 N–H and O–H groups in total. The van der Waals surface area contributed by atoms with Crippen LogP contribution in [0.5, 0.6) is 0 Å². The molecule has 1 aliphatic carbocycles. The number of benzene rings is 1. The largest absolute Gasteiger partial charge is 0.378 e. The van der Waals surface area contributed by atoms with Crippen LogP contribution in [0.25, 0.3) is 0 Å². The molecule has 0 bridgehead atoms. The van der Waals surface area contributed by atoms with Gasteiger partial charge in [0.1, 0.15) is 11.6 Å². The van der Waals surface area contributed by atoms with Gasteiger partial charge in [-0.1, -0.05) is 0 Å². The number of alkyl halides is 1. The fourth-order valence-electron chi connectivity index (χ4n) is 2.28. The van der Waals surface area contributed by atoms with Crippen LogP contribution in [0.3, 0.4) is 0 Å². The number of ether oxygens (including phenoxy) is 1. The first kappa shape index (κ1) is 14.2. The molecule has 1 aromatic rings. The van der Waals surface area contributed by atoms with Gasteiger partial charge in [0.05, 0.1) is 15.5 Å². The van der Waals surface area contributed by atoms with Gasteiger partial charge >= 0.3 is 0 Å². The van der Waals surface area contributed by atoms with Gasteiger partial charge in [0.2, 0.25) is 0 Å². The van der Waals surface area contributed by atoms with Crippen LogP contribution in [0.1, 0.15) is 36.6 Å². The monoisotopic (exact) mass is 338 g/mol. The molecule has 0 aromatic heterocycles. The Morgan fingerprint density at radius 1 is 1.39 bits per heavy atom. The van der Waals surface area contributed by atoms with Crippen LogP contribution in [0, 0.1) is 11.6 Å². The van der Waals surface area contributed by atoms with E-state index < -0.39 is 17.0 Å². The van der Waals surface area contributed by atoms with Crippen molar-refractivity contribution in [2.24, 2.45) is 0 Å². The van der Waals surface area contributed by atoms with E-state index in [4.69, 9.17) is 16.3 Å². The van der Waals surface area contributed by atoms with Gasteiger partial charge in [-0.05, 0) is 53.7 Å². The molecule has 1 aliphatic rings. The zero-order valence-electron chi connectivity index (χ0n) is 9.98. The van der Waals surface area contributed by atoms with Crippen molar-refractivity contribution in [1.82, 2.24) is 0 Å². The second kappa shape index (κ2) is 5.43. The Morgan fingerprint density at radius 2 is 2.06 bits per heavy atom. The Labute approximate surface area is 119 Å². The second-order valence-corrected chi connectivity index (χ2v) is 6.08. The standard InChI is InChI=1S/C13H14BrClF2O/c1-18-13(3-2-4-13)7-10(15)8-5-12(17)9(14)6-11(8)16/h5-6,10H,2-4,7H2,1H3. The fourth-order valence-corrected chi connectivity index (χ4v) is 3.04. The third kappa shape index (κ3) is 2.70. The lowest BCUT2D eigenvalue weighted by atomic mass is 9.76. The van der Waals surface area contributed by atoms with Crippen molar-refractivity contribution in [3.05, 3.63) is 33.8 Å². The van der Waals surface area contributed by atoms with Gasteiger partial charge in [-0.25, -0.2) is 8.78 Å². The number of rotatable bonds is 4. The van der Waals surface area contributed by atoms with Crippen LogP contribution in [0.4, 0.5) is 8.78 Å². The maximum atomic E-state index is 13.8. The molecule has 5 heteroatoms. The lowest BCUT2D eigenvalue weighted by Crippen LogP contribution is -2.40. The Hall–Kier alpha value is -0.190. The molecule has 0 radical (unpaired) electrons. The van der Waals surface area contributed by atoms with Crippen molar-refractivity contribution in [1.29, 1.82) is 0 Å². The summed E-state index contributed by atoms with van der Waals surface area (Å²) in [5, 5.41) is -0.576. The van der Waals surface area contributed by atoms with E-state index in [2.05, 4.69) is 15.9 Å². The van der Waals surface area contributed by atoms with E-state index in [0.29, 0.717) is 6.42 Å². The van der Waals surface area contributed by atoms with E-state index >= 15 is 0 Å². The summed E-state index contributed by atoms with van der Waals surface area (Å²) in [7, 11) is 1.64. The average Bonchev–Trinajstić information content (AvgIpc) is 2.28. The van der Waals surface area contributed by atoms with Gasteiger partial charge in [-0.15, -0.1) is 11.6 Å². The second-order valence-electron chi connectivity index (χ2n) is 4.70. The zero-order chi connectivity index (χ0) is 13.3. The zero-order valence-corrected chi connectivity index (χ0v) is 12.3. The van der Waals surface area contributed by atoms with Crippen molar-refractivity contribution < 1.29 is 13.5 Å². The maximum absolute atomic E-state index is 13.8. The third-order valence-corrected chi connectivity index (χ3v) is 4.62. The van der Waals surface area contributed by atoms with Crippen molar-refractivity contribution in [2.45, 2.75) is 36.7 Å². The number of hydrogen-bond donors (Lipinski definition) is 0. The van der Waals surface area contributed by atoms with Gasteiger partial charge in [0.15, 0.2) is 0 Å². The molecule has 0 amide bonds. The first-order valence-corrected chi connectivity index (χ1v) is 7.04. The summed E-state index contributed by atoms with van der Waals surface area (Å²) in [4.78, 5) is 0. The lowest BCUT2D eigenvalue weighted by Gasteiger charge is -2.41. The quantitative estimate of drug-likeness (QED) is 0.556. The van der Waals surface area contributed by atoms with Crippen LogP contribution >= 0.6 is 27.5 Å². The Morgan fingerprint density at radius 3 is 2.56 bits per heavy atom. The van der Waals surface area contributed by atoms with E-state index in [1.54, 1.807) is 7.11 Å². The average molecular weight is 340 g/mol. The van der Waals surface area contributed by atoms with Crippen molar-refractivity contribution in [2.75, 3.05) is 7.11 Å². The highest BCUT2D eigenvalue weighted by molar-refractivity contribution is 9.10. The van der Waals surface area contributed by atoms with Crippen molar-refractivity contribution in [3.8, 4) is 0 Å². The predicted octanol–water partition coefficient (Wildman–Crippen LogP) is 4.97. The van der Waals surface area contributed by atoms with Crippen molar-refractivity contribution >= 4 is 27.5 Å². The molecule has 1 aromatic carbocycles. The SMILES string of the molecule is COC1(CC(Cl)c2cc(F)c(Br)cc2F)CCC1. The molecule has 1 fully saturated rings. The minimum absolute atomic E-state index is 0.109. The molecule has 1 saturated carbocycles. The predicted molar refractivity (Wildman–Crippen MR) is 70.9 cm³/mol. The van der Waals surface area contributed by atoms with Crippen LogP contribution in [0.2, 0.25) is 0 Å². The summed E-state index contributed by atoms with van der Waals surface area (Å²) in [5.41, 5.74) is -0.0664. The molecule has 0 aliphatic heterocycles. The van der Waals surface area contributed by atoms with Crippen LogP contribution in [0.15, 0.2) is 16.6 Å². The van der Waals surface area contributed by atoms with Crippen molar-refractivity contribution in [3.63, 3.8) is 0 Å². The van der Waals surface area contributed by atoms with E-state index in [9.17, 15) is 8.78 Å². The van der Waals surface area contributed by atoms with Gasteiger partial charge in [-0.3, -0.25) is 0 Å². The number of methoxy groups -OCH3 is 1. The topological polar surface area (TPSA) is 9.23 Å². The van der Waals surface area contributed by atoms with E-state index in [1.807, 2.05) is 0 Å². The molecule has 1 atom stereocenters. The van der Waals surface area contributed by atoms with Gasteiger partial charge in [0.25, 0.3) is 0 Å². The summed E-state index contributed by atoms with van der Waals surface area (Å²) >= 11 is 9.16. The summed E-state index contributed by atoms with van der Waals surface area (Å²) < 4.78 is 32.7. The maximum Gasteiger partial charge on any atom is 0.137 e. The van der Waals surface area contributed by atoms with E-state index in [1.165, 1.54) is 0 Å². The molecule has 1 unspecified atom stereocenters. The fraction of sp³-hybridized carbons (Fsp3) is 0.538. The molecule has 0 spiro atoms. The number of hydrogen-bond acceptors (Lipinski definition) is 1. The van der Waals surface area contributed by atoms with Gasteiger partial charge in [0, 0.05) is 12.7 Å². The smallest absolute Gasteiger partial charge is 0.137 e. The summed E-state index contributed by atoms with van der Waals surface area (Å²) in [5.74, 6) is -0.994. The molecule has 0 heterocycles. The molecule has 100 valence electrons. The Bertz CT molecular complexity index is 443. The lowest BCUT2D eigenvalue weighted by molar-refractivity contribution is -0.0781. The summed E-state index contributed by atoms with van der Waals surface area (Å²) in [6.07, 6.45) is 3.44. The highest BCUT2D eigenvalue weighted by atomic mass is 79.9. The Balaban J connectivity index is 2.18. The van der Waals surface area contributed by atoms with Crippen LogP contribution in [-0.2, 0) is 4.74 Å². The van der Waals surface area contributed by atoms with Crippen LogP contribution < -0.4 is 0 Å². The molecule has 18 heavy (non-hydrogen) atoms. The molecule has 1 nitrogen and oxygen atoms in total. The summed E-state index contributed by atoms with van der Waals surface area (Å²) in [6.45, 7) is 0. The molecule has 2 rings (SSSR count). The van der Waals surface area contributed by atoms with E-state index in [0.717, 1.165) is 31.4 Å². The number of halogens is 4. The molecular formula is C13H14BrClF2O. The third-order valence-electron chi connectivity index (χ3n) is 3.63. The van der Waals surface area contributed by atoms with E-state index in [-0.39, 0.29) is 15.6 Å². The van der Waals surface area contributed by atoms with Crippen LogP contribution in [-0.4, -0.2) is 12.7 Å². The highest BCUT2D eigenvalue weighted by Crippen LogP contribution is 2.44. The minimum Gasteiger partial charge on any atom is -0.378 e. The Kier molecular flexibility index (Phi) is 4.29. The molecule has 0 saturated heterocycles. The highest BCUT2D eigenvalue weighted by Gasteiger charge is 2.39. The minimum atomic E-state index is -0.576. The van der Waals surface area contributed by atoms with Gasteiger partial charge < -0.3 is 4.74 Å². The first-order valence-electron chi connectivity index (χ1n) is 5.81. The van der Waals surface area contributed by atoms with Gasteiger partial charge in [-0.2, -0.15) is 0 Å². The first-order chi connectivity index (χ1) is 8.47. The summed E-state index contributed by atoms with van der Waals surface area (Å²) in [6, 6.07) is 2.26. The normalized spacial score (nSPS) is 19.4. The molecular weight excluding hydrogens is 325 g/mol.